The molecule has 1 saturated heterocycles. The molecule has 1 aliphatic carbocycles. The largest absolute Gasteiger partial charge is 0.393 e. The molecule has 1 aliphatic heterocycles. The Hall–Kier alpha value is -1.59. The highest BCUT2D eigenvalue weighted by atomic mass is 16.3. The van der Waals surface area contributed by atoms with E-state index in [1.807, 2.05) is 0 Å². The number of nitrogens with zero attached hydrogens (tertiary/aromatic N) is 2. The molecule has 2 aliphatic rings. The normalized spacial score (nSPS) is 23.8. The third-order valence-corrected chi connectivity index (χ3v) is 5.55. The molecule has 2 amide bonds. The zero-order valence-corrected chi connectivity index (χ0v) is 15.3. The van der Waals surface area contributed by atoms with E-state index in [4.69, 9.17) is 0 Å². The standard InChI is InChI=1S/C20H31N3O2/c1-22(15-18-5-4-6-19(18)24)20(25)21-13-16-7-9-17(10-8-16)14-23-11-2-3-12-23/h7-10,18-19,24H,2-6,11-15H2,1H3,(H,21,25)/t18-,19+/m0/s1. The number of benzene rings is 1. The molecule has 1 saturated carbocycles. The Morgan fingerprint density at radius 1 is 1.16 bits per heavy atom. The molecule has 5 heteroatoms. The van der Waals surface area contributed by atoms with Crippen molar-refractivity contribution in [3.8, 4) is 0 Å². The zero-order chi connectivity index (χ0) is 17.6. The van der Waals surface area contributed by atoms with Crippen LogP contribution in [0.25, 0.3) is 0 Å². The highest BCUT2D eigenvalue weighted by molar-refractivity contribution is 5.73. The van der Waals surface area contributed by atoms with Crippen molar-refractivity contribution in [1.82, 2.24) is 15.1 Å². The van der Waals surface area contributed by atoms with Gasteiger partial charge in [-0.25, -0.2) is 4.79 Å². The Bertz CT molecular complexity index is 555. The summed E-state index contributed by atoms with van der Waals surface area (Å²) in [6.45, 7) is 4.61. The molecule has 0 unspecified atom stereocenters. The Kier molecular flexibility index (Phi) is 6.32. The second kappa shape index (κ2) is 8.68. The number of likely N-dealkylation sites (tertiary alicyclic amines) is 1. The van der Waals surface area contributed by atoms with Crippen LogP contribution in [0.5, 0.6) is 0 Å². The summed E-state index contributed by atoms with van der Waals surface area (Å²) in [5.41, 5.74) is 2.46. The number of hydrogen-bond donors (Lipinski definition) is 2. The minimum atomic E-state index is -0.251. The van der Waals surface area contributed by atoms with Gasteiger partial charge in [-0.1, -0.05) is 30.7 Å². The molecule has 138 valence electrons. The molecular formula is C20H31N3O2. The van der Waals surface area contributed by atoms with Crippen molar-refractivity contribution in [2.24, 2.45) is 5.92 Å². The summed E-state index contributed by atoms with van der Waals surface area (Å²) in [7, 11) is 1.81. The lowest BCUT2D eigenvalue weighted by Crippen LogP contribution is -2.40. The van der Waals surface area contributed by atoms with Crippen molar-refractivity contribution < 1.29 is 9.90 Å². The van der Waals surface area contributed by atoms with Crippen molar-refractivity contribution in [3.63, 3.8) is 0 Å². The third kappa shape index (κ3) is 5.19. The predicted molar refractivity (Wildman–Crippen MR) is 99.2 cm³/mol. The van der Waals surface area contributed by atoms with Crippen LogP contribution >= 0.6 is 0 Å². The van der Waals surface area contributed by atoms with Gasteiger partial charge in [0.25, 0.3) is 0 Å². The molecule has 1 aromatic carbocycles. The van der Waals surface area contributed by atoms with Crippen LogP contribution in [-0.4, -0.2) is 53.7 Å². The lowest BCUT2D eigenvalue weighted by Gasteiger charge is -2.23. The molecule has 5 nitrogen and oxygen atoms in total. The van der Waals surface area contributed by atoms with Crippen LogP contribution in [0.15, 0.2) is 24.3 Å². The van der Waals surface area contributed by atoms with Crippen LogP contribution in [0, 0.1) is 5.92 Å². The fraction of sp³-hybridized carbons (Fsp3) is 0.650. The van der Waals surface area contributed by atoms with Gasteiger partial charge in [0.15, 0.2) is 0 Å². The van der Waals surface area contributed by atoms with Gasteiger partial charge in [-0.15, -0.1) is 0 Å². The van der Waals surface area contributed by atoms with Crippen LogP contribution < -0.4 is 5.32 Å². The smallest absolute Gasteiger partial charge is 0.317 e. The maximum atomic E-state index is 12.2. The maximum Gasteiger partial charge on any atom is 0.317 e. The zero-order valence-electron chi connectivity index (χ0n) is 15.3. The predicted octanol–water partition coefficient (Wildman–Crippen LogP) is 2.58. The van der Waals surface area contributed by atoms with Crippen LogP contribution in [0.4, 0.5) is 4.79 Å². The number of amides is 2. The van der Waals surface area contributed by atoms with E-state index in [1.54, 1.807) is 11.9 Å². The lowest BCUT2D eigenvalue weighted by molar-refractivity contribution is 0.114. The van der Waals surface area contributed by atoms with E-state index in [-0.39, 0.29) is 18.1 Å². The van der Waals surface area contributed by atoms with Crippen molar-refractivity contribution in [2.45, 2.75) is 51.3 Å². The van der Waals surface area contributed by atoms with E-state index in [0.717, 1.165) is 31.4 Å². The van der Waals surface area contributed by atoms with E-state index < -0.39 is 0 Å². The highest BCUT2D eigenvalue weighted by Crippen LogP contribution is 2.25. The first-order valence-corrected chi connectivity index (χ1v) is 9.59. The first-order chi connectivity index (χ1) is 12.1. The van der Waals surface area contributed by atoms with Crippen LogP contribution in [-0.2, 0) is 13.1 Å². The van der Waals surface area contributed by atoms with Crippen LogP contribution in [0.3, 0.4) is 0 Å². The molecule has 0 radical (unpaired) electrons. The molecular weight excluding hydrogens is 314 g/mol. The summed E-state index contributed by atoms with van der Waals surface area (Å²) in [6, 6.07) is 8.47. The van der Waals surface area contributed by atoms with Gasteiger partial charge >= 0.3 is 6.03 Å². The number of rotatable bonds is 6. The number of hydrogen-bond acceptors (Lipinski definition) is 3. The van der Waals surface area contributed by atoms with Gasteiger partial charge in [0.1, 0.15) is 0 Å². The van der Waals surface area contributed by atoms with Gasteiger partial charge < -0.3 is 15.3 Å². The molecule has 2 fully saturated rings. The monoisotopic (exact) mass is 345 g/mol. The number of urea groups is 1. The van der Waals surface area contributed by atoms with Gasteiger partial charge in [0.05, 0.1) is 6.10 Å². The minimum absolute atomic E-state index is 0.0692. The van der Waals surface area contributed by atoms with Crippen molar-refractivity contribution >= 4 is 6.03 Å². The van der Waals surface area contributed by atoms with E-state index >= 15 is 0 Å². The average Bonchev–Trinajstić information content (AvgIpc) is 3.26. The number of aliphatic hydroxyl groups excluding tert-OH is 1. The first-order valence-electron chi connectivity index (χ1n) is 9.59. The number of carbonyl (C=O) groups excluding carboxylic acids is 1. The van der Waals surface area contributed by atoms with E-state index in [1.165, 1.54) is 31.5 Å². The van der Waals surface area contributed by atoms with Crippen molar-refractivity contribution in [3.05, 3.63) is 35.4 Å². The number of carbonyl (C=O) groups is 1. The molecule has 0 bridgehead atoms. The molecule has 2 atom stereocenters. The average molecular weight is 345 g/mol. The summed E-state index contributed by atoms with van der Waals surface area (Å²) in [4.78, 5) is 16.4. The number of aliphatic hydroxyl groups is 1. The second-order valence-electron chi connectivity index (χ2n) is 7.60. The van der Waals surface area contributed by atoms with Crippen molar-refractivity contribution in [2.75, 3.05) is 26.7 Å². The molecule has 0 spiro atoms. The Morgan fingerprint density at radius 2 is 1.84 bits per heavy atom. The second-order valence-corrected chi connectivity index (χ2v) is 7.60. The maximum absolute atomic E-state index is 12.2. The summed E-state index contributed by atoms with van der Waals surface area (Å²) >= 11 is 0. The van der Waals surface area contributed by atoms with Gasteiger partial charge in [0.2, 0.25) is 0 Å². The molecule has 3 rings (SSSR count). The summed E-state index contributed by atoms with van der Waals surface area (Å²) in [5.74, 6) is 0.223. The Morgan fingerprint density at radius 3 is 2.48 bits per heavy atom. The van der Waals surface area contributed by atoms with E-state index in [0.29, 0.717) is 13.1 Å². The Balaban J connectivity index is 1.41. The van der Waals surface area contributed by atoms with Crippen LogP contribution in [0.2, 0.25) is 0 Å². The van der Waals surface area contributed by atoms with Gasteiger partial charge in [-0.05, 0) is 49.9 Å². The molecule has 1 heterocycles. The fourth-order valence-electron chi connectivity index (χ4n) is 3.94. The SMILES string of the molecule is CN(C[C@@H]1CCC[C@H]1O)C(=O)NCc1ccc(CN2CCCC2)cc1. The fourth-order valence-corrected chi connectivity index (χ4v) is 3.94. The van der Waals surface area contributed by atoms with Crippen molar-refractivity contribution in [1.29, 1.82) is 0 Å². The van der Waals surface area contributed by atoms with Gasteiger partial charge in [0, 0.05) is 32.6 Å². The van der Waals surface area contributed by atoms with Gasteiger partial charge in [-0.2, -0.15) is 0 Å². The topological polar surface area (TPSA) is 55.8 Å². The van der Waals surface area contributed by atoms with E-state index in [9.17, 15) is 9.90 Å². The summed E-state index contributed by atoms with van der Waals surface area (Å²) < 4.78 is 0. The molecule has 25 heavy (non-hydrogen) atoms. The van der Waals surface area contributed by atoms with Crippen LogP contribution in [0.1, 0.15) is 43.2 Å². The number of nitrogens with one attached hydrogen (secondary N) is 1. The lowest BCUT2D eigenvalue weighted by atomic mass is 10.1. The molecule has 0 aromatic heterocycles. The van der Waals surface area contributed by atoms with Gasteiger partial charge in [-0.3, -0.25) is 4.90 Å². The summed E-state index contributed by atoms with van der Waals surface area (Å²) in [5, 5.41) is 12.9. The Labute approximate surface area is 151 Å². The quantitative estimate of drug-likeness (QED) is 0.833. The summed E-state index contributed by atoms with van der Waals surface area (Å²) in [6.07, 6.45) is 5.32. The minimum Gasteiger partial charge on any atom is -0.393 e. The molecule has 1 aromatic rings. The highest BCUT2D eigenvalue weighted by Gasteiger charge is 2.27. The first kappa shape index (κ1) is 18.2. The third-order valence-electron chi connectivity index (χ3n) is 5.55. The molecule has 2 N–H and O–H groups in total. The van der Waals surface area contributed by atoms with E-state index in [2.05, 4.69) is 34.5 Å².